The van der Waals surface area contributed by atoms with E-state index in [9.17, 15) is 8.42 Å². The molecule has 3 N–H and O–H groups in total. The number of rotatable bonds is 4. The number of nitrogens with two attached hydrogens (primary N) is 1. The summed E-state index contributed by atoms with van der Waals surface area (Å²) >= 11 is 5.98. The average molecular weight is 332 g/mol. The Balaban J connectivity index is 2.25. The Bertz CT molecular complexity index is 596. The molecule has 118 valence electrons. The maximum absolute atomic E-state index is 12.5. The normalized spacial score (nSPS) is 24.2. The van der Waals surface area contributed by atoms with Crippen molar-refractivity contribution in [1.82, 2.24) is 9.84 Å². The van der Waals surface area contributed by atoms with Gasteiger partial charge in [-0.05, 0) is 50.5 Å². The summed E-state index contributed by atoms with van der Waals surface area (Å²) in [4.78, 5) is 2.90. The van der Waals surface area contributed by atoms with Gasteiger partial charge >= 0.3 is 0 Å². The van der Waals surface area contributed by atoms with E-state index in [1.807, 2.05) is 18.9 Å². The van der Waals surface area contributed by atoms with Gasteiger partial charge in [-0.1, -0.05) is 18.0 Å². The van der Waals surface area contributed by atoms with E-state index in [0.717, 1.165) is 19.3 Å². The largest absolute Gasteiger partial charge is 0.326 e. The van der Waals surface area contributed by atoms with Gasteiger partial charge in [0.1, 0.15) is 0 Å². The summed E-state index contributed by atoms with van der Waals surface area (Å²) in [7, 11) is -3.61. The molecule has 1 heterocycles. The van der Waals surface area contributed by atoms with Crippen LogP contribution < -0.4 is 10.6 Å². The maximum atomic E-state index is 12.5. The van der Waals surface area contributed by atoms with Crippen molar-refractivity contribution in [3.8, 4) is 0 Å². The van der Waals surface area contributed by atoms with Crippen LogP contribution in [-0.2, 0) is 16.6 Å². The molecule has 7 heteroatoms. The first-order valence-electron chi connectivity index (χ1n) is 7.14. The maximum Gasteiger partial charge on any atom is 0.253 e. The first-order chi connectivity index (χ1) is 9.85. The number of hydrogen-bond acceptors (Lipinski definition) is 4. The highest BCUT2D eigenvalue weighted by Gasteiger charge is 2.29. The SMILES string of the molecule is CC1CCCC(C)N1NS(=O)(=O)c1ccc(Cl)c(CN)c1. The second-order valence-electron chi connectivity index (χ2n) is 5.59. The van der Waals surface area contributed by atoms with Crippen molar-refractivity contribution in [3.63, 3.8) is 0 Å². The lowest BCUT2D eigenvalue weighted by Gasteiger charge is -2.38. The molecule has 0 amide bonds. The summed E-state index contributed by atoms with van der Waals surface area (Å²) in [6.07, 6.45) is 3.10. The molecule has 2 unspecified atom stereocenters. The molecule has 2 rings (SSSR count). The number of hydrogen-bond donors (Lipinski definition) is 2. The Hall–Kier alpha value is -0.660. The highest BCUT2D eigenvalue weighted by atomic mass is 35.5. The molecule has 0 bridgehead atoms. The molecule has 0 saturated carbocycles. The van der Waals surface area contributed by atoms with Gasteiger partial charge in [-0.25, -0.2) is 13.4 Å². The standard InChI is InChI=1S/C14H22ClN3O2S/c1-10-4-3-5-11(2)18(10)17-21(19,20)13-6-7-14(15)12(8-13)9-16/h6-8,10-11,17H,3-5,9,16H2,1-2H3. The zero-order chi connectivity index (χ0) is 15.6. The first-order valence-corrected chi connectivity index (χ1v) is 9.00. The Morgan fingerprint density at radius 1 is 1.33 bits per heavy atom. The molecule has 0 spiro atoms. The number of halogens is 1. The van der Waals surface area contributed by atoms with Crippen LogP contribution in [0.25, 0.3) is 0 Å². The number of nitrogens with one attached hydrogen (secondary N) is 1. The van der Waals surface area contributed by atoms with Crippen molar-refractivity contribution in [1.29, 1.82) is 0 Å². The molecule has 1 aliphatic rings. The van der Waals surface area contributed by atoms with Gasteiger partial charge in [0, 0.05) is 23.7 Å². The van der Waals surface area contributed by atoms with Crippen LogP contribution >= 0.6 is 11.6 Å². The van der Waals surface area contributed by atoms with E-state index in [2.05, 4.69) is 4.83 Å². The van der Waals surface area contributed by atoms with E-state index < -0.39 is 10.0 Å². The average Bonchev–Trinajstić information content (AvgIpc) is 2.43. The Kier molecular flexibility index (Phi) is 5.27. The summed E-state index contributed by atoms with van der Waals surface area (Å²) < 4.78 is 25.1. The summed E-state index contributed by atoms with van der Waals surface area (Å²) in [6.45, 7) is 4.27. The Morgan fingerprint density at radius 3 is 2.52 bits per heavy atom. The van der Waals surface area contributed by atoms with Crippen molar-refractivity contribution in [2.45, 2.75) is 56.6 Å². The molecule has 0 aliphatic carbocycles. The van der Waals surface area contributed by atoms with Crippen LogP contribution in [0.5, 0.6) is 0 Å². The smallest absolute Gasteiger partial charge is 0.253 e. The third kappa shape index (κ3) is 3.76. The summed E-state index contributed by atoms with van der Waals surface area (Å²) in [6, 6.07) is 4.98. The first kappa shape index (κ1) is 16.7. The minimum atomic E-state index is -3.61. The van der Waals surface area contributed by atoms with Crippen LogP contribution in [0.2, 0.25) is 5.02 Å². The van der Waals surface area contributed by atoms with Crippen molar-refractivity contribution in [2.24, 2.45) is 5.73 Å². The third-order valence-electron chi connectivity index (χ3n) is 3.97. The molecule has 1 fully saturated rings. The summed E-state index contributed by atoms with van der Waals surface area (Å²) in [5.41, 5.74) is 6.21. The van der Waals surface area contributed by atoms with E-state index in [4.69, 9.17) is 17.3 Å². The van der Waals surface area contributed by atoms with Crippen molar-refractivity contribution < 1.29 is 8.42 Å². The topological polar surface area (TPSA) is 75.4 Å². The predicted molar refractivity (Wildman–Crippen MR) is 84.3 cm³/mol. The van der Waals surface area contributed by atoms with E-state index in [1.165, 1.54) is 12.1 Å². The molecule has 0 radical (unpaired) electrons. The van der Waals surface area contributed by atoms with Crippen molar-refractivity contribution in [2.75, 3.05) is 0 Å². The number of sulfonamides is 1. The minimum Gasteiger partial charge on any atom is -0.326 e. The van der Waals surface area contributed by atoms with Crippen LogP contribution in [0.4, 0.5) is 0 Å². The van der Waals surface area contributed by atoms with Crippen LogP contribution in [0.1, 0.15) is 38.7 Å². The lowest BCUT2D eigenvalue weighted by Crippen LogP contribution is -2.53. The molecule has 2 atom stereocenters. The van der Waals surface area contributed by atoms with Crippen LogP contribution in [0.3, 0.4) is 0 Å². The third-order valence-corrected chi connectivity index (χ3v) is 5.66. The molecule has 21 heavy (non-hydrogen) atoms. The molecule has 1 aromatic rings. The van der Waals surface area contributed by atoms with Gasteiger partial charge in [0.05, 0.1) is 4.90 Å². The Morgan fingerprint density at radius 2 is 1.95 bits per heavy atom. The molecule has 1 aromatic carbocycles. The molecular formula is C14H22ClN3O2S. The number of nitrogens with zero attached hydrogens (tertiary/aromatic N) is 1. The fraction of sp³-hybridized carbons (Fsp3) is 0.571. The van der Waals surface area contributed by atoms with Crippen LogP contribution in [0.15, 0.2) is 23.1 Å². The lowest BCUT2D eigenvalue weighted by molar-refractivity contribution is 0.0790. The van der Waals surface area contributed by atoms with Gasteiger partial charge in [0.15, 0.2) is 0 Å². The fourth-order valence-corrected chi connectivity index (χ4v) is 4.15. The van der Waals surface area contributed by atoms with Gasteiger partial charge in [-0.3, -0.25) is 0 Å². The van der Waals surface area contributed by atoms with E-state index >= 15 is 0 Å². The second kappa shape index (κ2) is 6.62. The number of piperidine rings is 1. The quantitative estimate of drug-likeness (QED) is 0.887. The summed E-state index contributed by atoms with van der Waals surface area (Å²) in [5, 5.41) is 2.31. The minimum absolute atomic E-state index is 0.185. The van der Waals surface area contributed by atoms with Gasteiger partial charge in [-0.15, -0.1) is 4.83 Å². The van der Waals surface area contributed by atoms with Gasteiger partial charge in [0.2, 0.25) is 0 Å². The van der Waals surface area contributed by atoms with Crippen molar-refractivity contribution in [3.05, 3.63) is 28.8 Å². The molecule has 0 aromatic heterocycles. The van der Waals surface area contributed by atoms with Gasteiger partial charge < -0.3 is 5.73 Å². The molecule has 5 nitrogen and oxygen atoms in total. The van der Waals surface area contributed by atoms with Gasteiger partial charge in [0.25, 0.3) is 10.0 Å². The van der Waals surface area contributed by atoms with Crippen molar-refractivity contribution >= 4 is 21.6 Å². The zero-order valence-corrected chi connectivity index (χ0v) is 13.9. The van der Waals surface area contributed by atoms with Crippen LogP contribution in [-0.4, -0.2) is 25.5 Å². The van der Waals surface area contributed by atoms with E-state index in [1.54, 1.807) is 6.07 Å². The molecule has 1 saturated heterocycles. The predicted octanol–water partition coefficient (Wildman–Crippen LogP) is 2.25. The second-order valence-corrected chi connectivity index (χ2v) is 7.66. The highest BCUT2D eigenvalue weighted by molar-refractivity contribution is 7.89. The van der Waals surface area contributed by atoms with E-state index in [-0.39, 0.29) is 23.5 Å². The van der Waals surface area contributed by atoms with E-state index in [0.29, 0.717) is 10.6 Å². The van der Waals surface area contributed by atoms with Crippen LogP contribution in [0, 0.1) is 0 Å². The molecule has 1 aliphatic heterocycles. The fourth-order valence-electron chi connectivity index (χ4n) is 2.67. The van der Waals surface area contributed by atoms with Gasteiger partial charge in [-0.2, -0.15) is 0 Å². The highest BCUT2D eigenvalue weighted by Crippen LogP contribution is 2.24. The summed E-state index contributed by atoms with van der Waals surface area (Å²) in [5.74, 6) is 0. The zero-order valence-electron chi connectivity index (χ0n) is 12.3. The lowest BCUT2D eigenvalue weighted by atomic mass is 10.0. The number of benzene rings is 1. The molecular weight excluding hydrogens is 310 g/mol. The monoisotopic (exact) mass is 331 g/mol. The Labute approximate surface area is 131 Å². The number of hydrazine groups is 1.